The second-order valence-corrected chi connectivity index (χ2v) is 11.1. The Kier molecular flexibility index (Phi) is 9.32. The number of imidazole rings is 1. The number of aromatic nitrogens is 2. The van der Waals surface area contributed by atoms with Crippen molar-refractivity contribution in [3.05, 3.63) is 34.2 Å². The first-order valence-corrected chi connectivity index (χ1v) is 13.7. The average Bonchev–Trinajstić information content (AvgIpc) is 3.15. The zero-order chi connectivity index (χ0) is 28.9. The zero-order valence-corrected chi connectivity index (χ0v) is 23.7. The molecule has 11 heteroatoms. The fourth-order valence-corrected chi connectivity index (χ4v) is 4.97. The van der Waals surface area contributed by atoms with Crippen LogP contribution < -0.4 is 11.0 Å². The number of nitrogens with zero attached hydrogens (tertiary/aromatic N) is 3. The maximum absolute atomic E-state index is 13.0. The molecule has 0 radical (unpaired) electrons. The van der Waals surface area contributed by atoms with Gasteiger partial charge in [0.05, 0.1) is 29.3 Å². The molecular formula is C29H38N4O7. The van der Waals surface area contributed by atoms with E-state index < -0.39 is 17.6 Å². The fraction of sp³-hybridized carbons (Fsp3) is 0.586. The predicted octanol–water partition coefficient (Wildman–Crippen LogP) is 2.49. The lowest BCUT2D eigenvalue weighted by atomic mass is 10.1. The van der Waals surface area contributed by atoms with E-state index in [0.717, 1.165) is 19.3 Å². The summed E-state index contributed by atoms with van der Waals surface area (Å²) in [6, 6.07) is 4.67. The number of carbonyl (C=O) groups is 3. The molecule has 0 aliphatic carbocycles. The Morgan fingerprint density at radius 2 is 1.85 bits per heavy atom. The Bertz CT molecular complexity index is 1370. The monoisotopic (exact) mass is 554 g/mol. The van der Waals surface area contributed by atoms with E-state index in [9.17, 15) is 19.2 Å². The minimum absolute atomic E-state index is 0.123. The highest BCUT2D eigenvalue weighted by atomic mass is 16.6. The third kappa shape index (κ3) is 7.11. The van der Waals surface area contributed by atoms with Gasteiger partial charge in [0.1, 0.15) is 18.2 Å². The molecule has 1 atom stereocenters. The Labute approximate surface area is 233 Å². The summed E-state index contributed by atoms with van der Waals surface area (Å²) in [7, 11) is 1.65. The smallest absolute Gasteiger partial charge is 0.410 e. The number of carbonyl (C=O) groups excluding carboxylic acids is 3. The Morgan fingerprint density at radius 1 is 1.10 bits per heavy atom. The van der Waals surface area contributed by atoms with Crippen LogP contribution in [0.25, 0.3) is 11.0 Å². The number of benzene rings is 1. The summed E-state index contributed by atoms with van der Waals surface area (Å²) < 4.78 is 20.0. The minimum Gasteiger partial charge on any atom is -0.444 e. The lowest BCUT2D eigenvalue weighted by molar-refractivity contribution is -0.135. The number of piperidine rings is 2. The van der Waals surface area contributed by atoms with Gasteiger partial charge in [0.2, 0.25) is 11.8 Å². The molecule has 4 rings (SSSR count). The quantitative estimate of drug-likeness (QED) is 0.317. The molecule has 0 bridgehead atoms. The lowest BCUT2D eigenvalue weighted by Gasteiger charge is -2.33. The molecule has 3 amide bonds. The van der Waals surface area contributed by atoms with Gasteiger partial charge in [0, 0.05) is 33.2 Å². The first-order chi connectivity index (χ1) is 19.0. The van der Waals surface area contributed by atoms with E-state index in [1.54, 1.807) is 24.1 Å². The highest BCUT2D eigenvalue weighted by Crippen LogP contribution is 2.24. The molecule has 1 aromatic heterocycles. The highest BCUT2D eigenvalue weighted by Gasteiger charge is 2.31. The summed E-state index contributed by atoms with van der Waals surface area (Å²) in [5.74, 6) is 5.30. The third-order valence-electron chi connectivity index (χ3n) is 6.90. The molecular weight excluding hydrogens is 516 g/mol. The van der Waals surface area contributed by atoms with Crippen molar-refractivity contribution in [3.8, 4) is 11.8 Å². The van der Waals surface area contributed by atoms with Crippen molar-refractivity contribution in [2.45, 2.75) is 70.6 Å². The van der Waals surface area contributed by atoms with Crippen LogP contribution in [0.1, 0.15) is 64.5 Å². The Morgan fingerprint density at radius 3 is 2.55 bits per heavy atom. The molecule has 2 fully saturated rings. The largest absolute Gasteiger partial charge is 0.444 e. The van der Waals surface area contributed by atoms with Gasteiger partial charge < -0.3 is 19.1 Å². The first kappa shape index (κ1) is 29.4. The van der Waals surface area contributed by atoms with Crippen molar-refractivity contribution in [1.29, 1.82) is 0 Å². The van der Waals surface area contributed by atoms with Crippen LogP contribution in [0.15, 0.2) is 23.0 Å². The summed E-state index contributed by atoms with van der Waals surface area (Å²) in [4.78, 5) is 50.9. The van der Waals surface area contributed by atoms with Crippen LogP contribution in [0.2, 0.25) is 0 Å². The van der Waals surface area contributed by atoms with Crippen LogP contribution in [0.5, 0.6) is 0 Å². The van der Waals surface area contributed by atoms with Crippen LogP contribution in [-0.2, 0) is 30.8 Å². The second kappa shape index (κ2) is 12.7. The van der Waals surface area contributed by atoms with Crippen LogP contribution in [0.3, 0.4) is 0 Å². The van der Waals surface area contributed by atoms with Crippen molar-refractivity contribution >= 4 is 28.9 Å². The number of hydrogen-bond donors (Lipinski definition) is 1. The molecule has 2 aliphatic rings. The van der Waals surface area contributed by atoms with Gasteiger partial charge in [-0.3, -0.25) is 24.0 Å². The lowest BCUT2D eigenvalue weighted by Crippen LogP contribution is -2.44. The van der Waals surface area contributed by atoms with Crippen LogP contribution >= 0.6 is 0 Å². The maximum atomic E-state index is 13.0. The summed E-state index contributed by atoms with van der Waals surface area (Å²) in [5, 5.41) is 2.32. The maximum Gasteiger partial charge on any atom is 0.410 e. The normalized spacial score (nSPS) is 18.4. The number of imide groups is 1. The Hall–Kier alpha value is -3.62. The molecule has 1 N–H and O–H groups in total. The third-order valence-corrected chi connectivity index (χ3v) is 6.90. The number of ether oxygens (including phenoxy) is 3. The van der Waals surface area contributed by atoms with Crippen molar-refractivity contribution in [1.82, 2.24) is 19.4 Å². The molecule has 40 heavy (non-hydrogen) atoms. The van der Waals surface area contributed by atoms with Crippen molar-refractivity contribution < 1.29 is 28.6 Å². The summed E-state index contributed by atoms with van der Waals surface area (Å²) in [6.07, 6.45) is 2.61. The van der Waals surface area contributed by atoms with Crippen molar-refractivity contribution in [2.75, 3.05) is 32.9 Å². The van der Waals surface area contributed by atoms with Gasteiger partial charge in [-0.15, -0.1) is 0 Å². The standard InChI is InChI=1S/C29H38N4O7/c1-29(2,3)40-28(37)32-15-13-21(14-16-32)39-19-7-18-38-17-6-9-20-8-5-10-22-25(20)31(4)27(36)33(22)23-11-12-24(34)30-26(23)35/h5,8,10,21,23H,7,11-19H2,1-4H3,(H,30,34,35). The number of aryl methyl sites for hydroxylation is 1. The van der Waals surface area contributed by atoms with E-state index >= 15 is 0 Å². The number of nitrogens with one attached hydrogen (secondary N) is 1. The average molecular weight is 555 g/mol. The number of fused-ring (bicyclic) bond motifs is 1. The molecule has 2 saturated heterocycles. The van der Waals surface area contributed by atoms with Crippen LogP contribution in [0, 0.1) is 11.8 Å². The summed E-state index contributed by atoms with van der Waals surface area (Å²) in [5.41, 5.74) is 1.07. The number of rotatable bonds is 7. The highest BCUT2D eigenvalue weighted by molar-refractivity contribution is 6.00. The van der Waals surface area contributed by atoms with E-state index in [1.807, 2.05) is 26.8 Å². The predicted molar refractivity (Wildman–Crippen MR) is 148 cm³/mol. The number of para-hydroxylation sites is 1. The van der Waals surface area contributed by atoms with Crippen LogP contribution in [-0.4, -0.2) is 76.6 Å². The van der Waals surface area contributed by atoms with E-state index in [0.29, 0.717) is 42.9 Å². The van der Waals surface area contributed by atoms with Gasteiger partial charge in [0.15, 0.2) is 0 Å². The number of likely N-dealkylation sites (tertiary alicyclic amines) is 1. The van der Waals surface area contributed by atoms with Crippen molar-refractivity contribution in [2.24, 2.45) is 7.05 Å². The van der Waals surface area contributed by atoms with Crippen LogP contribution in [0.4, 0.5) is 4.79 Å². The number of hydrogen-bond acceptors (Lipinski definition) is 7. The SMILES string of the molecule is Cn1c(=O)n(C2CCC(=O)NC2=O)c2cccc(C#CCOCCCOC3CCN(C(=O)OC(C)(C)C)CC3)c21. The minimum atomic E-state index is -0.736. The first-order valence-electron chi connectivity index (χ1n) is 13.7. The van der Waals surface area contributed by atoms with Gasteiger partial charge in [0.25, 0.3) is 0 Å². The molecule has 3 heterocycles. The van der Waals surface area contributed by atoms with Crippen molar-refractivity contribution in [3.63, 3.8) is 0 Å². The van der Waals surface area contributed by atoms with Gasteiger partial charge in [-0.1, -0.05) is 17.9 Å². The fourth-order valence-electron chi connectivity index (χ4n) is 4.97. The molecule has 2 aromatic rings. The van der Waals surface area contributed by atoms with E-state index in [-0.39, 0.29) is 43.2 Å². The topological polar surface area (TPSA) is 121 Å². The Balaban J connectivity index is 1.22. The van der Waals surface area contributed by atoms with E-state index in [4.69, 9.17) is 14.2 Å². The van der Waals surface area contributed by atoms with E-state index in [2.05, 4.69) is 17.2 Å². The zero-order valence-electron chi connectivity index (χ0n) is 23.7. The molecule has 216 valence electrons. The van der Waals surface area contributed by atoms with Gasteiger partial charge in [-0.05, 0) is 58.6 Å². The van der Waals surface area contributed by atoms with E-state index in [1.165, 1.54) is 9.13 Å². The molecule has 1 aromatic carbocycles. The molecule has 0 saturated carbocycles. The second-order valence-electron chi connectivity index (χ2n) is 11.1. The molecule has 11 nitrogen and oxygen atoms in total. The summed E-state index contributed by atoms with van der Waals surface area (Å²) in [6.45, 7) is 8.14. The van der Waals surface area contributed by atoms with Gasteiger partial charge >= 0.3 is 11.8 Å². The molecule has 0 spiro atoms. The molecule has 1 unspecified atom stereocenters. The van der Waals surface area contributed by atoms with Gasteiger partial charge in [-0.25, -0.2) is 9.59 Å². The summed E-state index contributed by atoms with van der Waals surface area (Å²) >= 11 is 0. The molecule has 2 aliphatic heterocycles. The van der Waals surface area contributed by atoms with Gasteiger partial charge in [-0.2, -0.15) is 0 Å². The number of amides is 3.